The SMILES string of the molecule is O=C(CC(C(=O)OCCOc1ccc(N=Nc2ccccc2)cc1)S(=O)(=O)[O-])OCCOc1ccc(N=Nc2ccccc2)cc1.[Na+]. The molecule has 0 aliphatic rings. The maximum atomic E-state index is 12.3. The molecule has 0 saturated heterocycles. The van der Waals surface area contributed by atoms with E-state index < -0.39 is 33.7 Å². The largest absolute Gasteiger partial charge is 1.00 e. The molecule has 47 heavy (non-hydrogen) atoms. The van der Waals surface area contributed by atoms with E-state index in [9.17, 15) is 22.6 Å². The second kappa shape index (κ2) is 19.3. The number of benzene rings is 4. The van der Waals surface area contributed by atoms with Crippen LogP contribution in [0, 0.1) is 0 Å². The van der Waals surface area contributed by atoms with Gasteiger partial charge in [0.2, 0.25) is 0 Å². The quantitative estimate of drug-likeness (QED) is 0.0569. The summed E-state index contributed by atoms with van der Waals surface area (Å²) in [6.45, 7) is -0.824. The van der Waals surface area contributed by atoms with Crippen LogP contribution < -0.4 is 39.0 Å². The van der Waals surface area contributed by atoms with Gasteiger partial charge in [-0.25, -0.2) is 8.42 Å². The first-order chi connectivity index (χ1) is 22.3. The topological polar surface area (TPSA) is 178 Å². The second-order valence-electron chi connectivity index (χ2n) is 9.33. The van der Waals surface area contributed by atoms with Gasteiger partial charge in [0, 0.05) is 0 Å². The summed E-state index contributed by atoms with van der Waals surface area (Å²) in [5, 5.41) is 14.2. The molecule has 15 heteroatoms. The maximum Gasteiger partial charge on any atom is 1.00 e. The third-order valence-corrected chi connectivity index (χ3v) is 6.98. The van der Waals surface area contributed by atoms with Crippen molar-refractivity contribution in [1.29, 1.82) is 0 Å². The molecular formula is C32H29N4NaO9S. The van der Waals surface area contributed by atoms with E-state index in [-0.39, 0.29) is 56.0 Å². The molecule has 0 aliphatic carbocycles. The van der Waals surface area contributed by atoms with Crippen LogP contribution in [-0.2, 0) is 29.2 Å². The van der Waals surface area contributed by atoms with Crippen LogP contribution in [0.2, 0.25) is 0 Å². The number of rotatable bonds is 16. The van der Waals surface area contributed by atoms with Crippen LogP contribution in [0.1, 0.15) is 6.42 Å². The molecule has 238 valence electrons. The number of hydrogen-bond acceptors (Lipinski definition) is 13. The molecule has 0 radical (unpaired) electrons. The van der Waals surface area contributed by atoms with Gasteiger partial charge in [0.1, 0.15) is 48.0 Å². The van der Waals surface area contributed by atoms with Crippen LogP contribution in [0.25, 0.3) is 0 Å². The Balaban J connectivity index is 0.00000600. The normalized spacial score (nSPS) is 11.9. The van der Waals surface area contributed by atoms with E-state index in [2.05, 4.69) is 20.5 Å². The average Bonchev–Trinajstić information content (AvgIpc) is 3.07. The van der Waals surface area contributed by atoms with Gasteiger partial charge in [-0.2, -0.15) is 20.5 Å². The Morgan fingerprint density at radius 3 is 1.36 bits per heavy atom. The summed E-state index contributed by atoms with van der Waals surface area (Å²) in [4.78, 5) is 24.5. The smallest absolute Gasteiger partial charge is 0.747 e. The van der Waals surface area contributed by atoms with E-state index in [1.807, 2.05) is 60.7 Å². The van der Waals surface area contributed by atoms with Crippen LogP contribution >= 0.6 is 0 Å². The molecular weight excluding hydrogens is 639 g/mol. The summed E-state index contributed by atoms with van der Waals surface area (Å²) in [6.07, 6.45) is -1.01. The summed E-state index contributed by atoms with van der Waals surface area (Å²) in [5.41, 5.74) is 2.59. The summed E-state index contributed by atoms with van der Waals surface area (Å²) in [5.74, 6) is -1.57. The van der Waals surface area contributed by atoms with Crippen molar-refractivity contribution >= 4 is 44.8 Å². The van der Waals surface area contributed by atoms with Gasteiger partial charge in [-0.3, -0.25) is 9.59 Å². The van der Waals surface area contributed by atoms with Gasteiger partial charge in [0.15, 0.2) is 5.25 Å². The van der Waals surface area contributed by atoms with E-state index in [1.165, 1.54) is 0 Å². The average molecular weight is 669 g/mol. The molecule has 0 heterocycles. The summed E-state index contributed by atoms with van der Waals surface area (Å²) >= 11 is 0. The minimum absolute atomic E-state index is 0. The summed E-state index contributed by atoms with van der Waals surface area (Å²) < 4.78 is 55.7. The number of nitrogens with zero attached hydrogens (tertiary/aromatic N) is 4. The number of azo groups is 2. The van der Waals surface area contributed by atoms with E-state index in [0.29, 0.717) is 34.2 Å². The van der Waals surface area contributed by atoms with E-state index in [0.717, 1.165) is 0 Å². The Labute approximate surface area is 293 Å². The Bertz CT molecular complexity index is 1720. The molecule has 0 saturated carbocycles. The Kier molecular flexibility index (Phi) is 15.2. The Morgan fingerprint density at radius 1 is 0.574 bits per heavy atom. The van der Waals surface area contributed by atoms with Gasteiger partial charge in [-0.15, -0.1) is 0 Å². The molecule has 0 aromatic heterocycles. The number of esters is 2. The standard InChI is InChI=1S/C32H30N4O9S.Na/c37-31(44-21-19-42-28-15-11-26(12-16-28)35-33-24-7-3-1-4-8-24)23-30(46(39,40)41)32(38)45-22-20-43-29-17-13-27(14-18-29)36-34-25-9-5-2-6-10-25;/h1-18,30H,19-23H2,(H,39,40,41);/q;+1/p-1. The molecule has 0 fully saturated rings. The van der Waals surface area contributed by atoms with Gasteiger partial charge >= 0.3 is 41.5 Å². The zero-order chi connectivity index (χ0) is 32.6. The van der Waals surface area contributed by atoms with Gasteiger partial charge in [0.25, 0.3) is 0 Å². The molecule has 1 unspecified atom stereocenters. The molecule has 4 aromatic carbocycles. The van der Waals surface area contributed by atoms with Crippen molar-refractivity contribution in [3.8, 4) is 11.5 Å². The monoisotopic (exact) mass is 668 g/mol. The maximum absolute atomic E-state index is 12.3. The van der Waals surface area contributed by atoms with Crippen LogP contribution in [0.5, 0.6) is 11.5 Å². The summed E-state index contributed by atoms with van der Waals surface area (Å²) in [7, 11) is -5.21. The molecule has 4 aromatic rings. The van der Waals surface area contributed by atoms with Gasteiger partial charge in [-0.05, 0) is 72.8 Å². The number of carbonyl (C=O) groups excluding carboxylic acids is 2. The van der Waals surface area contributed by atoms with E-state index in [4.69, 9.17) is 18.9 Å². The number of ether oxygens (including phenoxy) is 4. The molecule has 0 bridgehead atoms. The van der Waals surface area contributed by atoms with Crippen molar-refractivity contribution in [2.75, 3.05) is 26.4 Å². The van der Waals surface area contributed by atoms with Crippen LogP contribution in [0.3, 0.4) is 0 Å². The molecule has 1 atom stereocenters. The zero-order valence-corrected chi connectivity index (χ0v) is 28.2. The number of hydrogen-bond donors (Lipinski definition) is 0. The predicted octanol–water partition coefficient (Wildman–Crippen LogP) is 3.37. The molecule has 0 spiro atoms. The molecule has 0 amide bonds. The Hall–Kier alpha value is -4.47. The zero-order valence-electron chi connectivity index (χ0n) is 25.4. The van der Waals surface area contributed by atoms with E-state index >= 15 is 0 Å². The first kappa shape index (κ1) is 37.0. The third-order valence-electron chi connectivity index (χ3n) is 5.92. The fourth-order valence-electron chi connectivity index (χ4n) is 3.66. The second-order valence-corrected chi connectivity index (χ2v) is 10.9. The van der Waals surface area contributed by atoms with Crippen LogP contribution in [0.4, 0.5) is 22.7 Å². The van der Waals surface area contributed by atoms with Crippen LogP contribution in [-0.4, -0.2) is 56.6 Å². The first-order valence-corrected chi connectivity index (χ1v) is 15.4. The van der Waals surface area contributed by atoms with Crippen molar-refractivity contribution in [2.24, 2.45) is 20.5 Å². The summed E-state index contributed by atoms with van der Waals surface area (Å²) in [6, 6.07) is 31.7. The van der Waals surface area contributed by atoms with E-state index in [1.54, 1.807) is 48.5 Å². The minimum atomic E-state index is -5.21. The van der Waals surface area contributed by atoms with Crippen molar-refractivity contribution in [2.45, 2.75) is 11.7 Å². The van der Waals surface area contributed by atoms with Gasteiger partial charge < -0.3 is 23.5 Å². The van der Waals surface area contributed by atoms with Crippen molar-refractivity contribution < 1.29 is 71.1 Å². The third kappa shape index (κ3) is 13.4. The Morgan fingerprint density at radius 2 is 0.957 bits per heavy atom. The van der Waals surface area contributed by atoms with Crippen molar-refractivity contribution in [3.05, 3.63) is 109 Å². The minimum Gasteiger partial charge on any atom is -0.747 e. The fourth-order valence-corrected chi connectivity index (χ4v) is 4.31. The van der Waals surface area contributed by atoms with Gasteiger partial charge in [0.05, 0.1) is 29.2 Å². The van der Waals surface area contributed by atoms with Gasteiger partial charge in [-0.1, -0.05) is 36.4 Å². The van der Waals surface area contributed by atoms with Crippen molar-refractivity contribution in [1.82, 2.24) is 0 Å². The predicted molar refractivity (Wildman–Crippen MR) is 165 cm³/mol. The molecule has 13 nitrogen and oxygen atoms in total. The molecule has 4 rings (SSSR count). The fraction of sp³-hybridized carbons (Fsp3) is 0.188. The first-order valence-electron chi connectivity index (χ1n) is 13.9. The molecule has 0 N–H and O–H groups in total. The van der Waals surface area contributed by atoms with Crippen molar-refractivity contribution in [3.63, 3.8) is 0 Å². The number of carbonyl (C=O) groups is 2. The van der Waals surface area contributed by atoms with Crippen LogP contribution in [0.15, 0.2) is 130 Å². The molecule has 0 aliphatic heterocycles.